The van der Waals surface area contributed by atoms with Crippen molar-refractivity contribution in [3.8, 4) is 0 Å². The van der Waals surface area contributed by atoms with E-state index in [1.165, 1.54) is 19.1 Å². The summed E-state index contributed by atoms with van der Waals surface area (Å²) in [6.45, 7) is 9.93. The molecule has 0 amide bonds. The van der Waals surface area contributed by atoms with Crippen LogP contribution in [0.25, 0.3) is 0 Å². The van der Waals surface area contributed by atoms with E-state index in [-0.39, 0.29) is 5.41 Å². The average Bonchev–Trinajstić information content (AvgIpc) is 3.02. The zero-order valence-electron chi connectivity index (χ0n) is 13.1. The van der Waals surface area contributed by atoms with E-state index in [9.17, 15) is 0 Å². The van der Waals surface area contributed by atoms with Gasteiger partial charge in [0.05, 0.1) is 13.6 Å². The van der Waals surface area contributed by atoms with Crippen molar-refractivity contribution in [2.24, 2.45) is 0 Å². The van der Waals surface area contributed by atoms with Crippen LogP contribution in [-0.2, 0) is 11.8 Å². The second kappa shape index (κ2) is 7.53. The molecule has 2 nitrogen and oxygen atoms in total. The summed E-state index contributed by atoms with van der Waals surface area (Å²) in [6, 6.07) is 2.67. The van der Waals surface area contributed by atoms with Crippen LogP contribution < -0.4 is 5.32 Å². The number of thiophene rings is 1. The van der Waals surface area contributed by atoms with E-state index in [0.29, 0.717) is 6.04 Å². The first-order valence-electron chi connectivity index (χ1n) is 7.32. The van der Waals surface area contributed by atoms with Gasteiger partial charge in [-0.05, 0) is 52.6 Å². The Morgan fingerprint density at radius 1 is 1.29 bits per heavy atom. The Balaban J connectivity index is 2.13. The van der Waals surface area contributed by atoms with Crippen LogP contribution in [-0.4, -0.2) is 11.5 Å². The highest BCUT2D eigenvalue weighted by Gasteiger charge is 2.20. The van der Waals surface area contributed by atoms with Crippen molar-refractivity contribution in [3.63, 3.8) is 0 Å². The standard InChI is InChI=1S/C16H23IN2S2/c1-5-6-18-12(11-7-14(17)20-9-11)8-15-19-13(10-21-15)16(2,3)4/h7,9-10,12,18H,5-6,8H2,1-4H3. The average molecular weight is 434 g/mol. The minimum absolute atomic E-state index is 0.138. The molecule has 2 heterocycles. The Kier molecular flexibility index (Phi) is 6.23. The normalized spacial score (nSPS) is 13.6. The van der Waals surface area contributed by atoms with Crippen LogP contribution in [0.3, 0.4) is 0 Å². The molecule has 0 spiro atoms. The van der Waals surface area contributed by atoms with Gasteiger partial charge in [-0.25, -0.2) is 4.98 Å². The molecule has 0 aliphatic carbocycles. The zero-order valence-corrected chi connectivity index (χ0v) is 16.9. The Labute approximate surface area is 149 Å². The van der Waals surface area contributed by atoms with Crippen molar-refractivity contribution in [2.45, 2.75) is 52.0 Å². The molecule has 0 bridgehead atoms. The van der Waals surface area contributed by atoms with Gasteiger partial charge in [0.1, 0.15) is 0 Å². The summed E-state index contributed by atoms with van der Waals surface area (Å²) < 4.78 is 1.35. The van der Waals surface area contributed by atoms with Crippen molar-refractivity contribution in [1.82, 2.24) is 10.3 Å². The quantitative estimate of drug-likeness (QED) is 0.617. The Bertz CT molecular complexity index is 569. The molecule has 0 aliphatic heterocycles. The minimum atomic E-state index is 0.138. The largest absolute Gasteiger partial charge is 0.310 e. The highest BCUT2D eigenvalue weighted by atomic mass is 127. The Morgan fingerprint density at radius 3 is 2.57 bits per heavy atom. The lowest BCUT2D eigenvalue weighted by Crippen LogP contribution is -2.23. The molecule has 2 aromatic heterocycles. The molecular weight excluding hydrogens is 411 g/mol. The number of hydrogen-bond donors (Lipinski definition) is 1. The molecule has 1 unspecified atom stereocenters. The van der Waals surface area contributed by atoms with Crippen LogP contribution in [0.4, 0.5) is 0 Å². The van der Waals surface area contributed by atoms with Crippen LogP contribution in [0.2, 0.25) is 0 Å². The first-order valence-corrected chi connectivity index (χ1v) is 10.2. The summed E-state index contributed by atoms with van der Waals surface area (Å²) >= 11 is 6.00. The number of aromatic nitrogens is 1. The number of nitrogens with zero attached hydrogens (tertiary/aromatic N) is 1. The van der Waals surface area contributed by atoms with E-state index in [2.05, 4.69) is 72.4 Å². The van der Waals surface area contributed by atoms with E-state index in [4.69, 9.17) is 4.98 Å². The lowest BCUT2D eigenvalue weighted by molar-refractivity contribution is 0.524. The highest BCUT2D eigenvalue weighted by Crippen LogP contribution is 2.28. The van der Waals surface area contributed by atoms with Crippen molar-refractivity contribution >= 4 is 45.3 Å². The molecule has 0 radical (unpaired) electrons. The second-order valence-electron chi connectivity index (χ2n) is 6.27. The smallest absolute Gasteiger partial charge is 0.0947 e. The van der Waals surface area contributed by atoms with Crippen molar-refractivity contribution < 1.29 is 0 Å². The number of rotatable bonds is 6. The van der Waals surface area contributed by atoms with Gasteiger partial charge in [-0.2, -0.15) is 0 Å². The van der Waals surface area contributed by atoms with Crippen LogP contribution in [0, 0.1) is 2.88 Å². The van der Waals surface area contributed by atoms with E-state index in [1.807, 2.05) is 11.3 Å². The molecule has 0 saturated heterocycles. The molecule has 116 valence electrons. The zero-order chi connectivity index (χ0) is 15.5. The molecule has 2 rings (SSSR count). The van der Waals surface area contributed by atoms with Crippen molar-refractivity contribution in [3.05, 3.63) is 36.0 Å². The third-order valence-electron chi connectivity index (χ3n) is 3.33. The molecule has 1 atom stereocenters. The summed E-state index contributed by atoms with van der Waals surface area (Å²) in [5.41, 5.74) is 2.74. The molecule has 0 aromatic carbocycles. The maximum atomic E-state index is 4.84. The van der Waals surface area contributed by atoms with Gasteiger partial charge < -0.3 is 5.32 Å². The summed E-state index contributed by atoms with van der Waals surface area (Å²) in [7, 11) is 0. The Hall–Kier alpha value is 0.0200. The number of thiazole rings is 1. The number of hydrogen-bond acceptors (Lipinski definition) is 4. The molecule has 21 heavy (non-hydrogen) atoms. The van der Waals surface area contributed by atoms with Crippen molar-refractivity contribution in [2.75, 3.05) is 6.54 Å². The van der Waals surface area contributed by atoms with Crippen LogP contribution in [0.5, 0.6) is 0 Å². The first kappa shape index (κ1) is 17.4. The summed E-state index contributed by atoms with van der Waals surface area (Å²) in [5.74, 6) is 0. The molecule has 1 N–H and O–H groups in total. The second-order valence-corrected chi connectivity index (χ2v) is 10.0. The van der Waals surface area contributed by atoms with Crippen LogP contribution >= 0.6 is 45.3 Å². The summed E-state index contributed by atoms with van der Waals surface area (Å²) in [5, 5.41) is 9.38. The van der Waals surface area contributed by atoms with Crippen LogP contribution in [0.15, 0.2) is 16.8 Å². The molecule has 0 saturated carbocycles. The lowest BCUT2D eigenvalue weighted by Gasteiger charge is -2.17. The summed E-state index contributed by atoms with van der Waals surface area (Å²) in [6.07, 6.45) is 2.14. The molecule has 2 aromatic rings. The number of halogens is 1. The van der Waals surface area contributed by atoms with E-state index >= 15 is 0 Å². The minimum Gasteiger partial charge on any atom is -0.310 e. The third-order valence-corrected chi connectivity index (χ3v) is 6.01. The molecular formula is C16H23IN2S2. The fourth-order valence-corrected chi connectivity index (χ4v) is 4.55. The van der Waals surface area contributed by atoms with Crippen molar-refractivity contribution in [1.29, 1.82) is 0 Å². The lowest BCUT2D eigenvalue weighted by atomic mass is 9.93. The predicted octanol–water partition coefficient (Wildman–Crippen LogP) is 5.39. The van der Waals surface area contributed by atoms with Gasteiger partial charge in [-0.3, -0.25) is 0 Å². The topological polar surface area (TPSA) is 24.9 Å². The maximum absolute atomic E-state index is 4.84. The van der Waals surface area contributed by atoms with E-state index < -0.39 is 0 Å². The predicted molar refractivity (Wildman–Crippen MR) is 103 cm³/mol. The van der Waals surface area contributed by atoms with Gasteiger partial charge in [-0.15, -0.1) is 22.7 Å². The van der Waals surface area contributed by atoms with Gasteiger partial charge in [0, 0.05) is 23.3 Å². The highest BCUT2D eigenvalue weighted by molar-refractivity contribution is 14.1. The van der Waals surface area contributed by atoms with Gasteiger partial charge >= 0.3 is 0 Å². The molecule has 5 heteroatoms. The van der Waals surface area contributed by atoms with Gasteiger partial charge in [0.2, 0.25) is 0 Å². The maximum Gasteiger partial charge on any atom is 0.0947 e. The van der Waals surface area contributed by atoms with Gasteiger partial charge in [0.15, 0.2) is 0 Å². The van der Waals surface area contributed by atoms with E-state index in [1.54, 1.807) is 11.3 Å². The fraction of sp³-hybridized carbons (Fsp3) is 0.562. The van der Waals surface area contributed by atoms with E-state index in [0.717, 1.165) is 19.4 Å². The molecule has 0 aliphatic rings. The van der Waals surface area contributed by atoms with Crippen LogP contribution in [0.1, 0.15) is 56.4 Å². The Morgan fingerprint density at radius 2 is 2.05 bits per heavy atom. The fourth-order valence-electron chi connectivity index (χ4n) is 2.06. The van der Waals surface area contributed by atoms with Gasteiger partial charge in [-0.1, -0.05) is 27.7 Å². The molecule has 0 fully saturated rings. The monoisotopic (exact) mass is 434 g/mol. The number of nitrogens with one attached hydrogen (secondary N) is 1. The SMILES string of the molecule is CCCNC(Cc1nc(C(C)(C)C)cs1)c1csc(I)c1. The third kappa shape index (κ3) is 5.01. The van der Waals surface area contributed by atoms with Gasteiger partial charge in [0.25, 0.3) is 0 Å². The summed E-state index contributed by atoms with van der Waals surface area (Å²) in [4.78, 5) is 4.84. The first-order chi connectivity index (χ1) is 9.90.